The van der Waals surface area contributed by atoms with E-state index >= 15 is 0 Å². The van der Waals surface area contributed by atoms with Crippen LogP contribution >= 0.6 is 22.6 Å². The van der Waals surface area contributed by atoms with Gasteiger partial charge in [-0.25, -0.2) is 0 Å². The second kappa shape index (κ2) is 5.19. The van der Waals surface area contributed by atoms with Crippen molar-refractivity contribution in [3.8, 4) is 5.75 Å². The molecule has 0 bridgehead atoms. The van der Waals surface area contributed by atoms with E-state index in [0.29, 0.717) is 5.75 Å². The molecule has 0 aliphatic rings. The Morgan fingerprint density at radius 2 is 2.07 bits per heavy atom. The first-order valence-electron chi connectivity index (χ1n) is 4.22. The third-order valence-electron chi connectivity index (χ3n) is 1.61. The molecule has 1 aromatic rings. The fourth-order valence-corrected chi connectivity index (χ4v) is 1.39. The summed E-state index contributed by atoms with van der Waals surface area (Å²) in [5.41, 5.74) is 0. The van der Waals surface area contributed by atoms with Gasteiger partial charge in [-0.3, -0.25) is 4.79 Å². The highest BCUT2D eigenvalue weighted by atomic mass is 127. The third-order valence-corrected chi connectivity index (χ3v) is 2.33. The number of hydrogen-bond acceptors (Lipinski definition) is 2. The van der Waals surface area contributed by atoms with E-state index in [0.717, 1.165) is 3.57 Å². The zero-order valence-electron chi connectivity index (χ0n) is 7.74. The van der Waals surface area contributed by atoms with Crippen LogP contribution in [0.2, 0.25) is 0 Å². The molecule has 0 saturated heterocycles. The lowest BCUT2D eigenvalue weighted by molar-refractivity contribution is -0.138. The van der Waals surface area contributed by atoms with E-state index in [1.165, 1.54) is 0 Å². The van der Waals surface area contributed by atoms with Crippen molar-refractivity contribution in [2.45, 2.75) is 19.4 Å². The molecule has 1 atom stereocenters. The summed E-state index contributed by atoms with van der Waals surface area (Å²) in [6.45, 7) is 1.74. The van der Waals surface area contributed by atoms with Crippen molar-refractivity contribution >= 4 is 28.6 Å². The lowest BCUT2D eigenvalue weighted by Gasteiger charge is -2.12. The normalized spacial score (nSPS) is 12.1. The fraction of sp³-hybridized carbons (Fsp3) is 0.300. The van der Waals surface area contributed by atoms with Crippen molar-refractivity contribution in [2.24, 2.45) is 0 Å². The van der Waals surface area contributed by atoms with Gasteiger partial charge in [-0.05, 0) is 53.8 Å². The van der Waals surface area contributed by atoms with Crippen molar-refractivity contribution in [3.05, 3.63) is 27.8 Å². The van der Waals surface area contributed by atoms with Gasteiger partial charge in [0.05, 0.1) is 6.42 Å². The predicted molar refractivity (Wildman–Crippen MR) is 61.5 cm³/mol. The second-order valence-electron chi connectivity index (χ2n) is 2.98. The molecule has 0 amide bonds. The summed E-state index contributed by atoms with van der Waals surface area (Å²) in [6, 6.07) is 7.51. The van der Waals surface area contributed by atoms with E-state index in [4.69, 9.17) is 9.84 Å². The number of halogens is 1. The molecule has 0 aliphatic heterocycles. The number of carbonyl (C=O) groups is 1. The van der Waals surface area contributed by atoms with Crippen LogP contribution in [0.25, 0.3) is 0 Å². The molecule has 0 unspecified atom stereocenters. The summed E-state index contributed by atoms with van der Waals surface area (Å²) in [4.78, 5) is 10.4. The summed E-state index contributed by atoms with van der Waals surface area (Å²) < 4.78 is 6.52. The summed E-state index contributed by atoms with van der Waals surface area (Å²) in [7, 11) is 0. The van der Waals surface area contributed by atoms with Crippen molar-refractivity contribution in [1.82, 2.24) is 0 Å². The Morgan fingerprint density at radius 1 is 1.50 bits per heavy atom. The minimum absolute atomic E-state index is 0.0198. The van der Waals surface area contributed by atoms with Gasteiger partial charge in [0.15, 0.2) is 0 Å². The average Bonchev–Trinajstić information content (AvgIpc) is 2.07. The molecule has 0 aromatic heterocycles. The van der Waals surface area contributed by atoms with Crippen LogP contribution in [0.5, 0.6) is 5.75 Å². The highest BCUT2D eigenvalue weighted by molar-refractivity contribution is 14.1. The molecule has 0 heterocycles. The summed E-state index contributed by atoms with van der Waals surface area (Å²) in [5.74, 6) is -0.137. The van der Waals surface area contributed by atoms with E-state index in [9.17, 15) is 4.79 Å². The van der Waals surface area contributed by atoms with Crippen LogP contribution in [0.1, 0.15) is 13.3 Å². The Kier molecular flexibility index (Phi) is 4.19. The first kappa shape index (κ1) is 11.3. The minimum atomic E-state index is -0.844. The van der Waals surface area contributed by atoms with Crippen LogP contribution in [-0.4, -0.2) is 17.2 Å². The van der Waals surface area contributed by atoms with E-state index < -0.39 is 5.97 Å². The van der Waals surface area contributed by atoms with Crippen LogP contribution in [0.4, 0.5) is 0 Å². The molecule has 14 heavy (non-hydrogen) atoms. The number of carboxylic acids is 1. The number of carboxylic acid groups (broad SMARTS) is 1. The SMILES string of the molecule is C[C@H](CC(=O)O)Oc1ccc(I)cc1. The number of hydrogen-bond donors (Lipinski definition) is 1. The highest BCUT2D eigenvalue weighted by Crippen LogP contribution is 2.15. The molecule has 4 heteroatoms. The molecule has 0 radical (unpaired) electrons. The molecule has 3 nitrogen and oxygen atoms in total. The first-order valence-corrected chi connectivity index (χ1v) is 5.30. The maximum atomic E-state index is 10.4. The molecule has 0 fully saturated rings. The van der Waals surface area contributed by atoms with Gasteiger partial charge in [0.1, 0.15) is 11.9 Å². The molecule has 1 aromatic carbocycles. The zero-order chi connectivity index (χ0) is 10.6. The standard InChI is InChI=1S/C10H11IO3/c1-7(6-10(12)13)14-9-4-2-8(11)3-5-9/h2-5,7H,6H2,1H3,(H,12,13)/t7-/m1/s1. The third kappa shape index (κ3) is 3.95. The number of aliphatic carboxylic acids is 1. The van der Waals surface area contributed by atoms with Crippen molar-refractivity contribution in [1.29, 1.82) is 0 Å². The van der Waals surface area contributed by atoms with Gasteiger partial charge in [-0.15, -0.1) is 0 Å². The molecule has 1 rings (SSSR count). The molecular weight excluding hydrogens is 295 g/mol. The van der Waals surface area contributed by atoms with Gasteiger partial charge in [-0.1, -0.05) is 0 Å². The predicted octanol–water partition coefficient (Wildman–Crippen LogP) is 2.53. The van der Waals surface area contributed by atoms with Crippen molar-refractivity contribution < 1.29 is 14.6 Å². The maximum Gasteiger partial charge on any atom is 0.307 e. The van der Waals surface area contributed by atoms with E-state index in [1.807, 2.05) is 24.3 Å². The van der Waals surface area contributed by atoms with Gasteiger partial charge in [-0.2, -0.15) is 0 Å². The summed E-state index contributed by atoms with van der Waals surface area (Å²) in [5, 5.41) is 8.52. The van der Waals surface area contributed by atoms with Gasteiger partial charge >= 0.3 is 5.97 Å². The average molecular weight is 306 g/mol. The Balaban J connectivity index is 2.51. The first-order chi connectivity index (χ1) is 6.58. The molecule has 0 saturated carbocycles. The molecular formula is C10H11IO3. The van der Waals surface area contributed by atoms with Gasteiger partial charge in [0.2, 0.25) is 0 Å². The number of ether oxygens (including phenoxy) is 1. The Hall–Kier alpha value is -0.780. The van der Waals surface area contributed by atoms with Crippen LogP contribution < -0.4 is 4.74 Å². The van der Waals surface area contributed by atoms with E-state index in [2.05, 4.69) is 22.6 Å². The quantitative estimate of drug-likeness (QED) is 0.870. The maximum absolute atomic E-state index is 10.4. The van der Waals surface area contributed by atoms with E-state index in [1.54, 1.807) is 6.92 Å². The highest BCUT2D eigenvalue weighted by Gasteiger charge is 2.08. The Bertz CT molecular complexity index is 308. The molecule has 0 aliphatic carbocycles. The van der Waals surface area contributed by atoms with Crippen molar-refractivity contribution in [2.75, 3.05) is 0 Å². The topological polar surface area (TPSA) is 46.5 Å². The fourth-order valence-electron chi connectivity index (χ4n) is 1.03. The summed E-state index contributed by atoms with van der Waals surface area (Å²) in [6.07, 6.45) is -0.279. The number of benzene rings is 1. The minimum Gasteiger partial charge on any atom is -0.490 e. The lowest BCUT2D eigenvalue weighted by atomic mass is 10.3. The van der Waals surface area contributed by atoms with Crippen LogP contribution in [0.15, 0.2) is 24.3 Å². The monoisotopic (exact) mass is 306 g/mol. The Morgan fingerprint density at radius 3 is 2.57 bits per heavy atom. The van der Waals surface area contributed by atoms with Gasteiger partial charge in [0, 0.05) is 3.57 Å². The van der Waals surface area contributed by atoms with Gasteiger partial charge < -0.3 is 9.84 Å². The number of rotatable bonds is 4. The van der Waals surface area contributed by atoms with Crippen LogP contribution in [0, 0.1) is 3.57 Å². The zero-order valence-corrected chi connectivity index (χ0v) is 9.89. The van der Waals surface area contributed by atoms with Crippen LogP contribution in [-0.2, 0) is 4.79 Å². The Labute approximate surface area is 96.2 Å². The molecule has 1 N–H and O–H groups in total. The van der Waals surface area contributed by atoms with Crippen molar-refractivity contribution in [3.63, 3.8) is 0 Å². The smallest absolute Gasteiger partial charge is 0.307 e. The molecule has 76 valence electrons. The largest absolute Gasteiger partial charge is 0.490 e. The van der Waals surface area contributed by atoms with Gasteiger partial charge in [0.25, 0.3) is 0 Å². The van der Waals surface area contributed by atoms with Crippen LogP contribution in [0.3, 0.4) is 0 Å². The molecule has 0 spiro atoms. The second-order valence-corrected chi connectivity index (χ2v) is 4.23. The lowest BCUT2D eigenvalue weighted by Crippen LogP contribution is -2.16. The van der Waals surface area contributed by atoms with E-state index in [-0.39, 0.29) is 12.5 Å². The summed E-state index contributed by atoms with van der Waals surface area (Å²) >= 11 is 2.20.